The van der Waals surface area contributed by atoms with Crippen molar-refractivity contribution in [3.05, 3.63) is 22.4 Å². The molecule has 0 saturated heterocycles. The molecule has 1 aliphatic carbocycles. The number of hydrogen-bond acceptors (Lipinski definition) is 4. The maximum atomic E-state index is 10.6. The van der Waals surface area contributed by atoms with Crippen molar-refractivity contribution in [2.75, 3.05) is 26.2 Å². The topological polar surface area (TPSA) is 65.9 Å². The van der Waals surface area contributed by atoms with E-state index in [1.165, 1.54) is 25.7 Å². The van der Waals surface area contributed by atoms with Crippen LogP contribution in [-0.4, -0.2) is 43.4 Å². The molecule has 25 heavy (non-hydrogen) atoms. The molecule has 1 fully saturated rings. The van der Waals surface area contributed by atoms with Gasteiger partial charge in [0.05, 0.1) is 12.6 Å². The molecule has 1 aromatic rings. The fraction of sp³-hybridized carbons (Fsp3) is 0.722. The third-order valence-electron chi connectivity index (χ3n) is 4.21. The predicted molar refractivity (Wildman–Crippen MR) is 116 cm³/mol. The van der Waals surface area contributed by atoms with E-state index in [1.54, 1.807) is 18.3 Å². The Kier molecular flexibility index (Phi) is 11.0. The standard InChI is InChI=1S/C18H31N3O2S.HI/c1-3-19-17(20-11-7-12-23-15-8-4-5-9-15)21-14-18(2,22)16-10-6-13-24-16;/h6,10,13,15,22H,3-5,7-9,11-12,14H2,1-2H3,(H2,19,20,21);1H. The second kappa shape index (κ2) is 12.1. The van der Waals surface area contributed by atoms with Gasteiger partial charge in [-0.1, -0.05) is 18.9 Å². The summed E-state index contributed by atoms with van der Waals surface area (Å²) in [6.07, 6.45) is 6.49. The van der Waals surface area contributed by atoms with Crippen LogP contribution in [0.3, 0.4) is 0 Å². The van der Waals surface area contributed by atoms with Crippen LogP contribution in [0.15, 0.2) is 22.5 Å². The van der Waals surface area contributed by atoms with E-state index in [2.05, 4.69) is 15.6 Å². The first-order valence-electron chi connectivity index (χ1n) is 9.02. The molecule has 1 unspecified atom stereocenters. The lowest BCUT2D eigenvalue weighted by molar-refractivity contribution is 0.0573. The van der Waals surface area contributed by atoms with E-state index in [0.29, 0.717) is 12.6 Å². The molecule has 1 saturated carbocycles. The lowest BCUT2D eigenvalue weighted by atomic mass is 10.1. The zero-order valence-electron chi connectivity index (χ0n) is 15.3. The fourth-order valence-electron chi connectivity index (χ4n) is 2.82. The van der Waals surface area contributed by atoms with E-state index in [0.717, 1.165) is 37.0 Å². The molecule has 0 aromatic carbocycles. The van der Waals surface area contributed by atoms with Crippen molar-refractivity contribution in [3.8, 4) is 0 Å². The van der Waals surface area contributed by atoms with Gasteiger partial charge in [0.15, 0.2) is 5.96 Å². The molecule has 3 N–H and O–H groups in total. The molecular weight excluding hydrogens is 449 g/mol. The number of aliphatic imine (C=N–C) groups is 1. The van der Waals surface area contributed by atoms with Crippen molar-refractivity contribution in [3.63, 3.8) is 0 Å². The Morgan fingerprint density at radius 3 is 2.80 bits per heavy atom. The Morgan fingerprint density at radius 1 is 1.40 bits per heavy atom. The average Bonchev–Trinajstić information content (AvgIpc) is 3.25. The van der Waals surface area contributed by atoms with E-state index in [1.807, 2.05) is 24.4 Å². The summed E-state index contributed by atoms with van der Waals surface area (Å²) in [5, 5.41) is 19.1. The van der Waals surface area contributed by atoms with Gasteiger partial charge in [0.1, 0.15) is 5.60 Å². The monoisotopic (exact) mass is 481 g/mol. The summed E-state index contributed by atoms with van der Waals surface area (Å²) in [7, 11) is 0. The molecule has 1 aromatic heterocycles. The summed E-state index contributed by atoms with van der Waals surface area (Å²) in [6, 6.07) is 3.90. The highest BCUT2D eigenvalue weighted by Crippen LogP contribution is 2.25. The van der Waals surface area contributed by atoms with Crippen molar-refractivity contribution in [1.82, 2.24) is 10.6 Å². The lowest BCUT2D eigenvalue weighted by Gasteiger charge is -2.20. The summed E-state index contributed by atoms with van der Waals surface area (Å²) in [4.78, 5) is 5.46. The zero-order valence-corrected chi connectivity index (χ0v) is 18.4. The largest absolute Gasteiger partial charge is 0.383 e. The van der Waals surface area contributed by atoms with Crippen LogP contribution in [-0.2, 0) is 10.3 Å². The minimum absolute atomic E-state index is 0. The number of nitrogens with one attached hydrogen (secondary N) is 2. The van der Waals surface area contributed by atoms with Crippen LogP contribution in [0, 0.1) is 0 Å². The quantitative estimate of drug-likeness (QED) is 0.219. The van der Waals surface area contributed by atoms with Gasteiger partial charge in [0.25, 0.3) is 0 Å². The smallest absolute Gasteiger partial charge is 0.191 e. The molecule has 0 bridgehead atoms. The van der Waals surface area contributed by atoms with Crippen LogP contribution < -0.4 is 10.6 Å². The minimum Gasteiger partial charge on any atom is -0.383 e. The summed E-state index contributed by atoms with van der Waals surface area (Å²) in [5.41, 5.74) is -0.928. The Morgan fingerprint density at radius 2 is 2.16 bits per heavy atom. The van der Waals surface area contributed by atoms with Crippen LogP contribution in [0.1, 0.15) is 50.8 Å². The maximum absolute atomic E-state index is 10.6. The van der Waals surface area contributed by atoms with Crippen molar-refractivity contribution in [2.24, 2.45) is 4.99 Å². The van der Waals surface area contributed by atoms with Gasteiger partial charge in [-0.25, -0.2) is 4.99 Å². The Bertz CT molecular complexity index is 489. The van der Waals surface area contributed by atoms with Crippen LogP contribution in [0.4, 0.5) is 0 Å². The number of guanidine groups is 1. The SMILES string of the molecule is CCNC(=NCC(C)(O)c1cccs1)NCCCOC1CCCC1.I. The summed E-state index contributed by atoms with van der Waals surface area (Å²) >= 11 is 1.55. The molecule has 144 valence electrons. The second-order valence-corrected chi connectivity index (χ2v) is 7.45. The number of hydrogen-bond donors (Lipinski definition) is 3. The van der Waals surface area contributed by atoms with Gasteiger partial charge in [-0.15, -0.1) is 35.3 Å². The molecule has 2 rings (SSSR count). The molecule has 7 heteroatoms. The fourth-order valence-corrected chi connectivity index (χ4v) is 3.60. The lowest BCUT2D eigenvalue weighted by Crippen LogP contribution is -2.39. The first-order chi connectivity index (χ1) is 11.6. The van der Waals surface area contributed by atoms with E-state index < -0.39 is 5.60 Å². The minimum atomic E-state index is -0.928. The molecule has 0 spiro atoms. The molecule has 1 heterocycles. The van der Waals surface area contributed by atoms with Gasteiger partial charge in [-0.2, -0.15) is 0 Å². The number of aliphatic hydroxyl groups is 1. The Hall–Kier alpha value is -0.380. The van der Waals surface area contributed by atoms with Gasteiger partial charge in [-0.05, 0) is 44.6 Å². The van der Waals surface area contributed by atoms with Crippen LogP contribution >= 0.6 is 35.3 Å². The highest BCUT2D eigenvalue weighted by molar-refractivity contribution is 14.0. The molecule has 0 radical (unpaired) electrons. The Labute approximate surface area is 172 Å². The number of halogens is 1. The molecule has 0 aliphatic heterocycles. The van der Waals surface area contributed by atoms with Gasteiger partial charge in [0, 0.05) is 24.6 Å². The van der Waals surface area contributed by atoms with Gasteiger partial charge in [-0.3, -0.25) is 0 Å². The van der Waals surface area contributed by atoms with Gasteiger partial charge in [0.2, 0.25) is 0 Å². The third kappa shape index (κ3) is 8.23. The molecule has 0 amide bonds. The van der Waals surface area contributed by atoms with Crippen molar-refractivity contribution in [2.45, 2.75) is 57.7 Å². The molecule has 1 atom stereocenters. The normalized spacial score (nSPS) is 17.8. The first kappa shape index (κ1) is 22.7. The van der Waals surface area contributed by atoms with Crippen molar-refractivity contribution >= 4 is 41.3 Å². The van der Waals surface area contributed by atoms with E-state index in [4.69, 9.17) is 4.74 Å². The zero-order chi connectivity index (χ0) is 17.3. The van der Waals surface area contributed by atoms with E-state index in [-0.39, 0.29) is 24.0 Å². The predicted octanol–water partition coefficient (Wildman–Crippen LogP) is 3.48. The third-order valence-corrected chi connectivity index (χ3v) is 5.33. The maximum Gasteiger partial charge on any atom is 0.191 e. The average molecular weight is 481 g/mol. The first-order valence-corrected chi connectivity index (χ1v) is 9.90. The number of nitrogens with zero attached hydrogens (tertiary/aromatic N) is 1. The van der Waals surface area contributed by atoms with Gasteiger partial charge < -0.3 is 20.5 Å². The van der Waals surface area contributed by atoms with Crippen molar-refractivity contribution in [1.29, 1.82) is 0 Å². The molecule has 1 aliphatic rings. The summed E-state index contributed by atoms with van der Waals surface area (Å²) in [5.74, 6) is 0.746. The highest BCUT2D eigenvalue weighted by Gasteiger charge is 2.24. The Balaban J connectivity index is 0.00000312. The van der Waals surface area contributed by atoms with E-state index in [9.17, 15) is 5.11 Å². The summed E-state index contributed by atoms with van der Waals surface area (Å²) < 4.78 is 5.87. The van der Waals surface area contributed by atoms with Crippen LogP contribution in [0.25, 0.3) is 0 Å². The number of ether oxygens (including phenoxy) is 1. The van der Waals surface area contributed by atoms with Crippen LogP contribution in [0.5, 0.6) is 0 Å². The number of rotatable bonds is 9. The number of thiophene rings is 1. The highest BCUT2D eigenvalue weighted by atomic mass is 127. The summed E-state index contributed by atoms with van der Waals surface area (Å²) in [6.45, 7) is 6.59. The van der Waals surface area contributed by atoms with Gasteiger partial charge >= 0.3 is 0 Å². The molecular formula is C18H32IN3O2S. The van der Waals surface area contributed by atoms with Crippen LogP contribution in [0.2, 0.25) is 0 Å². The second-order valence-electron chi connectivity index (χ2n) is 6.50. The molecule has 5 nitrogen and oxygen atoms in total. The van der Waals surface area contributed by atoms with E-state index >= 15 is 0 Å². The van der Waals surface area contributed by atoms with Crippen molar-refractivity contribution < 1.29 is 9.84 Å².